The summed E-state index contributed by atoms with van der Waals surface area (Å²) in [5.41, 5.74) is 1.24. The summed E-state index contributed by atoms with van der Waals surface area (Å²) in [6.07, 6.45) is 0. The Morgan fingerprint density at radius 3 is 2.68 bits per heavy atom. The number of nitrogens with zero attached hydrogens (tertiary/aromatic N) is 1. The van der Waals surface area contributed by atoms with E-state index in [1.165, 1.54) is 4.88 Å². The number of hydrogen-bond donors (Lipinski definition) is 2. The monoisotopic (exact) mass is 416 g/mol. The van der Waals surface area contributed by atoms with E-state index < -0.39 is 0 Å². The maximum Gasteiger partial charge on any atom is 0.255 e. The molecule has 4 rings (SSSR count). The lowest BCUT2D eigenvalue weighted by atomic mass is 10.1. The third-order valence-corrected chi connectivity index (χ3v) is 6.15. The van der Waals surface area contributed by atoms with E-state index in [9.17, 15) is 9.90 Å². The Morgan fingerprint density at radius 1 is 1.18 bits per heavy atom. The van der Waals surface area contributed by atoms with Crippen molar-refractivity contribution in [3.05, 3.63) is 63.5 Å². The summed E-state index contributed by atoms with van der Waals surface area (Å²) in [7, 11) is 0. The minimum absolute atomic E-state index is 0.0376. The van der Waals surface area contributed by atoms with Gasteiger partial charge in [0, 0.05) is 46.2 Å². The number of morpholine rings is 1. The molecule has 0 bridgehead atoms. The summed E-state index contributed by atoms with van der Waals surface area (Å²) in [5.74, 6) is -0.258. The number of phenols is 1. The van der Waals surface area contributed by atoms with Crippen molar-refractivity contribution < 1.29 is 14.6 Å². The van der Waals surface area contributed by atoms with E-state index in [0.717, 1.165) is 48.5 Å². The lowest BCUT2D eigenvalue weighted by Crippen LogP contribution is -2.35. The van der Waals surface area contributed by atoms with E-state index in [4.69, 9.17) is 16.3 Å². The van der Waals surface area contributed by atoms with Crippen molar-refractivity contribution >= 4 is 38.9 Å². The van der Waals surface area contributed by atoms with Crippen molar-refractivity contribution in [3.8, 4) is 5.75 Å². The fourth-order valence-electron chi connectivity index (χ4n) is 3.27. The van der Waals surface area contributed by atoms with Gasteiger partial charge in [-0.05, 0) is 35.9 Å². The van der Waals surface area contributed by atoms with Gasteiger partial charge in [-0.15, -0.1) is 11.3 Å². The van der Waals surface area contributed by atoms with E-state index in [1.54, 1.807) is 29.5 Å². The largest absolute Gasteiger partial charge is 0.506 e. The van der Waals surface area contributed by atoms with Crippen LogP contribution in [0.15, 0.2) is 42.5 Å². The fraction of sp³-hybridized carbons (Fsp3) is 0.286. The van der Waals surface area contributed by atoms with Gasteiger partial charge in [0.1, 0.15) is 5.75 Å². The Balaban J connectivity index is 1.48. The molecule has 0 spiro atoms. The molecule has 0 unspecified atom stereocenters. The summed E-state index contributed by atoms with van der Waals surface area (Å²) in [5, 5.41) is 14.9. The van der Waals surface area contributed by atoms with Gasteiger partial charge in [-0.3, -0.25) is 9.69 Å². The van der Waals surface area contributed by atoms with Crippen molar-refractivity contribution in [2.24, 2.45) is 0 Å². The first-order valence-corrected chi connectivity index (χ1v) is 10.4. The van der Waals surface area contributed by atoms with E-state index in [-0.39, 0.29) is 17.2 Å². The summed E-state index contributed by atoms with van der Waals surface area (Å²) in [6.45, 7) is 4.55. The SMILES string of the molecule is O=C(NCc1ccc(Cl)cc1)c1ccc2sc(CN3CCOCC3)cc2c1O. The molecular weight excluding hydrogens is 396 g/mol. The number of halogens is 1. The van der Waals surface area contributed by atoms with Gasteiger partial charge in [0.05, 0.1) is 18.8 Å². The Kier molecular flexibility index (Phi) is 5.82. The van der Waals surface area contributed by atoms with Crippen molar-refractivity contribution in [3.63, 3.8) is 0 Å². The van der Waals surface area contributed by atoms with Crippen molar-refractivity contribution in [1.29, 1.82) is 0 Å². The average Bonchev–Trinajstić information content (AvgIpc) is 3.12. The number of carbonyl (C=O) groups is 1. The quantitative estimate of drug-likeness (QED) is 0.659. The molecule has 2 aromatic carbocycles. The van der Waals surface area contributed by atoms with Crippen LogP contribution in [0, 0.1) is 0 Å². The van der Waals surface area contributed by atoms with Crippen LogP contribution >= 0.6 is 22.9 Å². The maximum atomic E-state index is 12.6. The standard InChI is InChI=1S/C21H21ClN2O3S/c22-15-3-1-14(2-4-15)12-23-21(26)17-5-6-19-18(20(17)25)11-16(28-19)13-24-7-9-27-10-8-24/h1-6,11,25H,7-10,12-13H2,(H,23,26). The van der Waals surface area contributed by atoms with Gasteiger partial charge in [-0.25, -0.2) is 0 Å². The minimum atomic E-state index is -0.296. The van der Waals surface area contributed by atoms with E-state index >= 15 is 0 Å². The van der Waals surface area contributed by atoms with Gasteiger partial charge in [0.2, 0.25) is 0 Å². The molecule has 0 saturated carbocycles. The molecule has 0 atom stereocenters. The second kappa shape index (κ2) is 8.49. The van der Waals surface area contributed by atoms with E-state index in [1.807, 2.05) is 24.3 Å². The van der Waals surface area contributed by atoms with Crippen molar-refractivity contribution in [2.75, 3.05) is 26.3 Å². The first kappa shape index (κ1) is 19.2. The number of phenolic OH excluding ortho intramolecular Hbond substituents is 1. The molecule has 1 aliphatic heterocycles. The first-order valence-electron chi connectivity index (χ1n) is 9.17. The zero-order valence-electron chi connectivity index (χ0n) is 15.3. The smallest absolute Gasteiger partial charge is 0.255 e. The van der Waals surface area contributed by atoms with Crippen LogP contribution < -0.4 is 5.32 Å². The summed E-state index contributed by atoms with van der Waals surface area (Å²) in [4.78, 5) is 16.1. The number of thiophene rings is 1. The molecule has 1 aliphatic rings. The topological polar surface area (TPSA) is 61.8 Å². The molecule has 1 saturated heterocycles. The zero-order valence-corrected chi connectivity index (χ0v) is 16.9. The van der Waals surface area contributed by atoms with Crippen LogP contribution in [0.4, 0.5) is 0 Å². The van der Waals surface area contributed by atoms with Crippen LogP contribution in [0.5, 0.6) is 5.75 Å². The van der Waals surface area contributed by atoms with E-state index in [2.05, 4.69) is 10.2 Å². The summed E-state index contributed by atoms with van der Waals surface area (Å²) in [6, 6.07) is 12.9. The average molecular weight is 417 g/mol. The van der Waals surface area contributed by atoms with Crippen LogP contribution in [0.3, 0.4) is 0 Å². The lowest BCUT2D eigenvalue weighted by Gasteiger charge is -2.25. The molecule has 2 N–H and O–H groups in total. The Labute approximate surface area is 172 Å². The third-order valence-electron chi connectivity index (χ3n) is 4.82. The number of benzene rings is 2. The van der Waals surface area contributed by atoms with Gasteiger partial charge in [-0.2, -0.15) is 0 Å². The van der Waals surface area contributed by atoms with Crippen molar-refractivity contribution in [1.82, 2.24) is 10.2 Å². The normalized spacial score (nSPS) is 15.0. The predicted molar refractivity (Wildman–Crippen MR) is 112 cm³/mol. The molecule has 146 valence electrons. The molecule has 2 heterocycles. The zero-order chi connectivity index (χ0) is 19.5. The third kappa shape index (κ3) is 4.31. The molecule has 3 aromatic rings. The van der Waals surface area contributed by atoms with Gasteiger partial charge in [0.25, 0.3) is 5.91 Å². The maximum absolute atomic E-state index is 12.6. The summed E-state index contributed by atoms with van der Waals surface area (Å²) >= 11 is 7.53. The number of nitrogens with one attached hydrogen (secondary N) is 1. The van der Waals surface area contributed by atoms with Gasteiger partial charge in [0.15, 0.2) is 0 Å². The number of hydrogen-bond acceptors (Lipinski definition) is 5. The first-order chi connectivity index (χ1) is 13.6. The van der Waals surface area contributed by atoms with Crippen LogP contribution in [0.1, 0.15) is 20.8 Å². The second-order valence-corrected chi connectivity index (χ2v) is 8.39. The molecule has 1 aromatic heterocycles. The number of carbonyl (C=O) groups excluding carboxylic acids is 1. The number of aromatic hydroxyl groups is 1. The second-order valence-electron chi connectivity index (χ2n) is 6.78. The minimum Gasteiger partial charge on any atom is -0.506 e. The van der Waals surface area contributed by atoms with Gasteiger partial charge >= 0.3 is 0 Å². The van der Waals surface area contributed by atoms with Gasteiger partial charge in [-0.1, -0.05) is 23.7 Å². The van der Waals surface area contributed by atoms with Crippen LogP contribution in [0.25, 0.3) is 10.1 Å². The lowest BCUT2D eigenvalue weighted by molar-refractivity contribution is 0.0346. The fourth-order valence-corrected chi connectivity index (χ4v) is 4.50. The number of amides is 1. The van der Waals surface area contributed by atoms with Crippen molar-refractivity contribution in [2.45, 2.75) is 13.1 Å². The molecule has 0 radical (unpaired) electrons. The Morgan fingerprint density at radius 2 is 1.93 bits per heavy atom. The molecule has 7 heteroatoms. The Hall–Kier alpha value is -2.12. The molecule has 0 aliphatic carbocycles. The number of rotatable bonds is 5. The van der Waals surface area contributed by atoms with Crippen LogP contribution in [0.2, 0.25) is 5.02 Å². The molecule has 28 heavy (non-hydrogen) atoms. The molecule has 5 nitrogen and oxygen atoms in total. The Bertz CT molecular complexity index is 981. The van der Waals surface area contributed by atoms with E-state index in [0.29, 0.717) is 11.6 Å². The predicted octanol–water partition coefficient (Wildman–Crippen LogP) is 4.02. The molecular formula is C21H21ClN2O3S. The highest BCUT2D eigenvalue weighted by molar-refractivity contribution is 7.19. The van der Waals surface area contributed by atoms with Crippen LogP contribution in [-0.4, -0.2) is 42.2 Å². The highest BCUT2D eigenvalue weighted by Crippen LogP contribution is 2.35. The molecule has 1 fully saturated rings. The summed E-state index contributed by atoms with van der Waals surface area (Å²) < 4.78 is 6.37. The van der Waals surface area contributed by atoms with Gasteiger partial charge < -0.3 is 15.2 Å². The highest BCUT2D eigenvalue weighted by Gasteiger charge is 2.17. The number of ether oxygens (including phenoxy) is 1. The number of fused-ring (bicyclic) bond motifs is 1. The molecule has 1 amide bonds. The highest BCUT2D eigenvalue weighted by atomic mass is 35.5. The van der Waals surface area contributed by atoms with Crippen LogP contribution in [-0.2, 0) is 17.8 Å².